The standard InChI is InChI=1S/C24H16FN5O/c25-20-6-8-21(9-7-20)28-24(31)18(15-26)14-19-16-30(22-4-2-1-3-5-22)29-23(19)17-10-12-27-13-11-17/h1-14,16H,(H,28,31)/b18-14+. The molecule has 2 aromatic carbocycles. The molecule has 0 radical (unpaired) electrons. The first-order valence-corrected chi connectivity index (χ1v) is 9.38. The Bertz CT molecular complexity index is 1270. The summed E-state index contributed by atoms with van der Waals surface area (Å²) in [7, 11) is 0. The van der Waals surface area contributed by atoms with Crippen molar-refractivity contribution in [3.8, 4) is 23.0 Å². The second-order valence-electron chi connectivity index (χ2n) is 6.58. The van der Waals surface area contributed by atoms with Gasteiger partial charge in [0.15, 0.2) is 0 Å². The Hall–Kier alpha value is -4.57. The highest BCUT2D eigenvalue weighted by atomic mass is 19.1. The number of halogens is 1. The summed E-state index contributed by atoms with van der Waals surface area (Å²) < 4.78 is 14.8. The lowest BCUT2D eigenvalue weighted by molar-refractivity contribution is -0.112. The smallest absolute Gasteiger partial charge is 0.266 e. The maximum absolute atomic E-state index is 13.1. The Morgan fingerprint density at radius 1 is 1.03 bits per heavy atom. The van der Waals surface area contributed by atoms with Crippen LogP contribution in [-0.4, -0.2) is 20.7 Å². The zero-order chi connectivity index (χ0) is 21.6. The minimum absolute atomic E-state index is 0.104. The highest BCUT2D eigenvalue weighted by Gasteiger charge is 2.15. The van der Waals surface area contributed by atoms with Crippen molar-refractivity contribution < 1.29 is 9.18 Å². The molecule has 0 fully saturated rings. The molecule has 2 heterocycles. The van der Waals surface area contributed by atoms with Crippen molar-refractivity contribution in [2.45, 2.75) is 0 Å². The normalized spacial score (nSPS) is 11.0. The van der Waals surface area contributed by atoms with Gasteiger partial charge < -0.3 is 5.32 Å². The molecule has 0 unspecified atom stereocenters. The SMILES string of the molecule is N#C/C(=C\c1cn(-c2ccccc2)nc1-c1ccncc1)C(=O)Nc1ccc(F)cc1. The Morgan fingerprint density at radius 3 is 2.42 bits per heavy atom. The maximum atomic E-state index is 13.1. The lowest BCUT2D eigenvalue weighted by Gasteiger charge is -2.04. The van der Waals surface area contributed by atoms with Crippen LogP contribution in [0.4, 0.5) is 10.1 Å². The molecule has 1 N–H and O–H groups in total. The Balaban J connectivity index is 1.73. The van der Waals surface area contributed by atoms with E-state index in [1.807, 2.05) is 36.4 Å². The highest BCUT2D eigenvalue weighted by molar-refractivity contribution is 6.10. The zero-order valence-corrected chi connectivity index (χ0v) is 16.2. The molecule has 0 aliphatic rings. The molecular formula is C24H16FN5O. The van der Waals surface area contributed by atoms with Gasteiger partial charge in [0.1, 0.15) is 23.2 Å². The third-order valence-corrected chi connectivity index (χ3v) is 4.48. The number of nitriles is 1. The number of amides is 1. The van der Waals surface area contributed by atoms with Gasteiger partial charge in [-0.2, -0.15) is 10.4 Å². The zero-order valence-electron chi connectivity index (χ0n) is 16.2. The number of pyridine rings is 1. The Kier molecular flexibility index (Phi) is 5.63. The number of nitrogens with zero attached hydrogens (tertiary/aromatic N) is 4. The molecule has 0 atom stereocenters. The molecule has 0 saturated carbocycles. The van der Waals surface area contributed by atoms with Crippen LogP contribution in [0.3, 0.4) is 0 Å². The molecule has 1 amide bonds. The van der Waals surface area contributed by atoms with E-state index in [-0.39, 0.29) is 5.57 Å². The van der Waals surface area contributed by atoms with Crippen molar-refractivity contribution in [3.05, 3.63) is 102 Å². The third-order valence-electron chi connectivity index (χ3n) is 4.48. The van der Waals surface area contributed by atoms with E-state index in [0.29, 0.717) is 16.9 Å². The summed E-state index contributed by atoms with van der Waals surface area (Å²) in [5, 5.41) is 16.8. The number of carbonyl (C=O) groups is 1. The van der Waals surface area contributed by atoms with Crippen LogP contribution in [0.2, 0.25) is 0 Å². The Morgan fingerprint density at radius 2 is 1.74 bits per heavy atom. The molecule has 31 heavy (non-hydrogen) atoms. The average molecular weight is 409 g/mol. The number of aromatic nitrogens is 3. The van der Waals surface area contributed by atoms with Crippen molar-refractivity contribution in [1.29, 1.82) is 5.26 Å². The second kappa shape index (κ2) is 8.84. The Labute approximate surface area is 177 Å². The van der Waals surface area contributed by atoms with Crippen LogP contribution < -0.4 is 5.32 Å². The molecule has 0 saturated heterocycles. The van der Waals surface area contributed by atoms with Crippen LogP contribution in [0, 0.1) is 17.1 Å². The van der Waals surface area contributed by atoms with Gasteiger partial charge in [0, 0.05) is 35.4 Å². The first-order valence-electron chi connectivity index (χ1n) is 9.38. The van der Waals surface area contributed by atoms with Gasteiger partial charge in [0.2, 0.25) is 0 Å². The van der Waals surface area contributed by atoms with Crippen molar-refractivity contribution in [2.75, 3.05) is 5.32 Å². The minimum atomic E-state index is -0.595. The summed E-state index contributed by atoms with van der Waals surface area (Å²) in [5.74, 6) is -1.01. The summed E-state index contributed by atoms with van der Waals surface area (Å²) in [5.41, 5.74) is 3.13. The van der Waals surface area contributed by atoms with Crippen molar-refractivity contribution in [3.63, 3.8) is 0 Å². The number of hydrogen-bond donors (Lipinski definition) is 1. The number of anilines is 1. The van der Waals surface area contributed by atoms with E-state index in [1.165, 1.54) is 30.3 Å². The maximum Gasteiger partial charge on any atom is 0.266 e. The monoisotopic (exact) mass is 409 g/mol. The minimum Gasteiger partial charge on any atom is -0.321 e. The van der Waals surface area contributed by atoms with E-state index in [2.05, 4.69) is 15.4 Å². The van der Waals surface area contributed by atoms with Gasteiger partial charge in [-0.1, -0.05) is 18.2 Å². The van der Waals surface area contributed by atoms with E-state index in [1.54, 1.807) is 35.4 Å². The number of nitrogens with one attached hydrogen (secondary N) is 1. The van der Waals surface area contributed by atoms with Crippen LogP contribution in [0.25, 0.3) is 23.0 Å². The predicted molar refractivity (Wildman–Crippen MR) is 115 cm³/mol. The van der Waals surface area contributed by atoms with Crippen molar-refractivity contribution in [1.82, 2.24) is 14.8 Å². The van der Waals surface area contributed by atoms with Gasteiger partial charge in [-0.05, 0) is 54.6 Å². The van der Waals surface area contributed by atoms with Gasteiger partial charge in [-0.15, -0.1) is 0 Å². The largest absolute Gasteiger partial charge is 0.321 e. The molecule has 0 spiro atoms. The summed E-state index contributed by atoms with van der Waals surface area (Å²) >= 11 is 0. The molecular weight excluding hydrogens is 393 g/mol. The first-order chi connectivity index (χ1) is 15.1. The van der Waals surface area contributed by atoms with Crippen LogP contribution in [0.5, 0.6) is 0 Å². The highest BCUT2D eigenvalue weighted by Crippen LogP contribution is 2.25. The van der Waals surface area contributed by atoms with Crippen molar-refractivity contribution in [2.24, 2.45) is 0 Å². The summed E-state index contributed by atoms with van der Waals surface area (Å²) in [6.45, 7) is 0. The van der Waals surface area contributed by atoms with E-state index in [0.717, 1.165) is 11.3 Å². The number of rotatable bonds is 5. The third kappa shape index (κ3) is 4.54. The van der Waals surface area contributed by atoms with Gasteiger partial charge in [-0.25, -0.2) is 9.07 Å². The fraction of sp³-hybridized carbons (Fsp3) is 0. The van der Waals surface area contributed by atoms with E-state index in [4.69, 9.17) is 0 Å². The lowest BCUT2D eigenvalue weighted by atomic mass is 10.1. The first kappa shape index (κ1) is 19.7. The fourth-order valence-electron chi connectivity index (χ4n) is 2.98. The molecule has 4 rings (SSSR count). The number of hydrogen-bond acceptors (Lipinski definition) is 4. The van der Waals surface area contributed by atoms with Gasteiger partial charge in [0.25, 0.3) is 5.91 Å². The van der Waals surface area contributed by atoms with Crippen LogP contribution >= 0.6 is 0 Å². The molecule has 4 aromatic rings. The summed E-state index contributed by atoms with van der Waals surface area (Å²) in [4.78, 5) is 16.7. The molecule has 7 heteroatoms. The van der Waals surface area contributed by atoms with Gasteiger partial charge in [-0.3, -0.25) is 9.78 Å². The number of benzene rings is 2. The van der Waals surface area contributed by atoms with Crippen molar-refractivity contribution >= 4 is 17.7 Å². The second-order valence-corrected chi connectivity index (χ2v) is 6.58. The number of carbonyl (C=O) groups excluding carboxylic acids is 1. The average Bonchev–Trinajstić information content (AvgIpc) is 3.24. The summed E-state index contributed by atoms with van der Waals surface area (Å²) in [6, 6.07) is 20.4. The van der Waals surface area contributed by atoms with E-state index < -0.39 is 11.7 Å². The van der Waals surface area contributed by atoms with E-state index >= 15 is 0 Å². The molecule has 0 bridgehead atoms. The molecule has 150 valence electrons. The van der Waals surface area contributed by atoms with Gasteiger partial charge in [0.05, 0.1) is 5.69 Å². The summed E-state index contributed by atoms with van der Waals surface area (Å²) in [6.07, 6.45) is 6.54. The molecule has 6 nitrogen and oxygen atoms in total. The molecule has 0 aliphatic carbocycles. The van der Waals surface area contributed by atoms with E-state index in [9.17, 15) is 14.4 Å². The lowest BCUT2D eigenvalue weighted by Crippen LogP contribution is -2.13. The van der Waals surface area contributed by atoms with Crippen LogP contribution in [0.15, 0.2) is 90.9 Å². The fourth-order valence-corrected chi connectivity index (χ4v) is 2.98. The topological polar surface area (TPSA) is 83.6 Å². The quantitative estimate of drug-likeness (QED) is 0.385. The predicted octanol–water partition coefficient (Wildman–Crippen LogP) is 4.62. The van der Waals surface area contributed by atoms with Crippen LogP contribution in [0.1, 0.15) is 5.56 Å². The number of para-hydroxylation sites is 1. The molecule has 0 aliphatic heterocycles. The molecule has 2 aromatic heterocycles. The van der Waals surface area contributed by atoms with Gasteiger partial charge >= 0.3 is 0 Å². The van der Waals surface area contributed by atoms with Crippen LogP contribution in [-0.2, 0) is 4.79 Å².